The van der Waals surface area contributed by atoms with E-state index in [1.807, 2.05) is 36.6 Å². The van der Waals surface area contributed by atoms with Gasteiger partial charge in [-0.2, -0.15) is 16.9 Å². The van der Waals surface area contributed by atoms with Crippen LogP contribution in [0.4, 0.5) is 5.82 Å². The maximum absolute atomic E-state index is 12.9. The van der Waals surface area contributed by atoms with E-state index >= 15 is 0 Å². The van der Waals surface area contributed by atoms with Gasteiger partial charge in [-0.1, -0.05) is 30.3 Å². The molecule has 0 bridgehead atoms. The van der Waals surface area contributed by atoms with E-state index in [2.05, 4.69) is 15.7 Å². The molecule has 0 spiro atoms. The maximum atomic E-state index is 12.9. The Labute approximate surface area is 179 Å². The van der Waals surface area contributed by atoms with Crippen LogP contribution >= 0.6 is 11.8 Å². The molecule has 1 atom stereocenters. The van der Waals surface area contributed by atoms with E-state index in [1.54, 1.807) is 53.0 Å². The van der Waals surface area contributed by atoms with E-state index in [1.165, 1.54) is 7.11 Å². The Hall–Kier alpha value is -3.26. The number of methoxy groups -OCH3 is 1. The summed E-state index contributed by atoms with van der Waals surface area (Å²) in [7, 11) is 1.51. The Balaban J connectivity index is 1.71. The minimum absolute atomic E-state index is 0.314. The quantitative estimate of drug-likeness (QED) is 0.550. The van der Waals surface area contributed by atoms with Gasteiger partial charge in [0.15, 0.2) is 5.82 Å². The smallest absolute Gasteiger partial charge is 0.255 e. The van der Waals surface area contributed by atoms with Gasteiger partial charge in [0.05, 0.1) is 18.4 Å². The minimum atomic E-state index is -0.697. The second-order valence-electron chi connectivity index (χ2n) is 6.48. The molecule has 1 unspecified atom stereocenters. The van der Waals surface area contributed by atoms with Crippen molar-refractivity contribution in [1.29, 1.82) is 0 Å². The van der Waals surface area contributed by atoms with Gasteiger partial charge in [-0.3, -0.25) is 9.59 Å². The molecule has 1 aromatic heterocycles. The van der Waals surface area contributed by atoms with E-state index in [-0.39, 0.29) is 11.8 Å². The van der Waals surface area contributed by atoms with Crippen LogP contribution in [0.5, 0.6) is 5.75 Å². The summed E-state index contributed by atoms with van der Waals surface area (Å²) in [5.41, 5.74) is 1.27. The van der Waals surface area contributed by atoms with Crippen molar-refractivity contribution in [2.24, 2.45) is 0 Å². The fourth-order valence-electron chi connectivity index (χ4n) is 2.90. The molecule has 3 rings (SSSR count). The highest BCUT2D eigenvalue weighted by Gasteiger charge is 2.23. The number of anilines is 1. The van der Waals surface area contributed by atoms with Gasteiger partial charge in [-0.05, 0) is 42.7 Å². The Morgan fingerprint density at radius 1 is 1.10 bits per heavy atom. The van der Waals surface area contributed by atoms with Gasteiger partial charge in [-0.15, -0.1) is 0 Å². The van der Waals surface area contributed by atoms with Gasteiger partial charge in [0, 0.05) is 12.3 Å². The summed E-state index contributed by atoms with van der Waals surface area (Å²) >= 11 is 1.61. The largest absolute Gasteiger partial charge is 0.496 e. The second-order valence-corrected chi connectivity index (χ2v) is 7.46. The highest BCUT2D eigenvalue weighted by Crippen LogP contribution is 2.18. The van der Waals surface area contributed by atoms with Crippen LogP contribution < -0.4 is 15.4 Å². The number of carbonyl (C=O) groups is 2. The molecule has 0 aliphatic heterocycles. The van der Waals surface area contributed by atoms with Crippen molar-refractivity contribution < 1.29 is 14.3 Å². The zero-order chi connectivity index (χ0) is 21.3. The molecular formula is C22H24N4O3S. The lowest BCUT2D eigenvalue weighted by Gasteiger charge is -2.18. The van der Waals surface area contributed by atoms with Gasteiger partial charge in [0.25, 0.3) is 5.91 Å². The van der Waals surface area contributed by atoms with Gasteiger partial charge in [0.2, 0.25) is 5.91 Å². The third-order valence-electron chi connectivity index (χ3n) is 4.45. The van der Waals surface area contributed by atoms with Gasteiger partial charge >= 0.3 is 0 Å². The summed E-state index contributed by atoms with van der Waals surface area (Å²) in [6, 6.07) is 17.6. The van der Waals surface area contributed by atoms with Crippen molar-refractivity contribution in [2.45, 2.75) is 12.5 Å². The summed E-state index contributed by atoms with van der Waals surface area (Å²) in [5.74, 6) is 0.933. The molecule has 0 aliphatic carbocycles. The third kappa shape index (κ3) is 5.42. The normalized spacial score (nSPS) is 11.5. The van der Waals surface area contributed by atoms with Crippen LogP contribution in [0.3, 0.4) is 0 Å². The van der Waals surface area contributed by atoms with Crippen molar-refractivity contribution in [1.82, 2.24) is 15.1 Å². The number of hydrogen-bond acceptors (Lipinski definition) is 5. The summed E-state index contributed by atoms with van der Waals surface area (Å²) in [6.07, 6.45) is 4.22. The number of thioether (sulfide) groups is 1. The van der Waals surface area contributed by atoms with Crippen molar-refractivity contribution in [2.75, 3.05) is 24.4 Å². The van der Waals surface area contributed by atoms with E-state index < -0.39 is 6.04 Å². The Kier molecular flexibility index (Phi) is 7.51. The number of ether oxygens (including phenoxy) is 1. The van der Waals surface area contributed by atoms with E-state index in [9.17, 15) is 9.59 Å². The molecule has 1 heterocycles. The average Bonchev–Trinajstić information content (AvgIpc) is 3.25. The second kappa shape index (κ2) is 10.5. The topological polar surface area (TPSA) is 85.2 Å². The number of hydrogen-bond donors (Lipinski definition) is 2. The van der Waals surface area contributed by atoms with Crippen LogP contribution in [-0.4, -0.2) is 46.8 Å². The van der Waals surface area contributed by atoms with Crippen molar-refractivity contribution >= 4 is 29.4 Å². The average molecular weight is 425 g/mol. The summed E-state index contributed by atoms with van der Waals surface area (Å²) in [4.78, 5) is 25.6. The monoisotopic (exact) mass is 424 g/mol. The lowest BCUT2D eigenvalue weighted by Crippen LogP contribution is -2.44. The number of nitrogens with zero attached hydrogens (tertiary/aromatic N) is 2. The molecule has 3 aromatic rings. The van der Waals surface area contributed by atoms with Crippen LogP contribution in [0.15, 0.2) is 66.9 Å². The predicted molar refractivity (Wildman–Crippen MR) is 119 cm³/mol. The molecule has 0 fully saturated rings. The minimum Gasteiger partial charge on any atom is -0.496 e. The Bertz CT molecular complexity index is 991. The van der Waals surface area contributed by atoms with Crippen LogP contribution in [-0.2, 0) is 4.79 Å². The molecule has 156 valence electrons. The highest BCUT2D eigenvalue weighted by molar-refractivity contribution is 7.98. The van der Waals surface area contributed by atoms with Crippen molar-refractivity contribution in [3.05, 3.63) is 72.4 Å². The van der Waals surface area contributed by atoms with Gasteiger partial charge in [0.1, 0.15) is 11.8 Å². The molecule has 2 amide bonds. The first-order chi connectivity index (χ1) is 14.6. The SMILES string of the molecule is COc1ccccc1C(=O)NC(CCSC)C(=O)Nc1ccn(-c2ccccc2)n1. The number of benzene rings is 2. The zero-order valence-corrected chi connectivity index (χ0v) is 17.7. The highest BCUT2D eigenvalue weighted by atomic mass is 32.2. The maximum Gasteiger partial charge on any atom is 0.255 e. The number of amides is 2. The molecule has 8 heteroatoms. The number of carbonyl (C=O) groups excluding carboxylic acids is 2. The number of nitrogens with one attached hydrogen (secondary N) is 2. The molecule has 0 saturated heterocycles. The van der Waals surface area contributed by atoms with E-state index in [4.69, 9.17) is 4.74 Å². The summed E-state index contributed by atoms with van der Waals surface area (Å²) < 4.78 is 6.93. The molecule has 7 nitrogen and oxygen atoms in total. The van der Waals surface area contributed by atoms with Crippen molar-refractivity contribution in [3.8, 4) is 11.4 Å². The van der Waals surface area contributed by atoms with Crippen LogP contribution in [0.2, 0.25) is 0 Å². The third-order valence-corrected chi connectivity index (χ3v) is 5.09. The van der Waals surface area contributed by atoms with Gasteiger partial charge in [-0.25, -0.2) is 4.68 Å². The fraction of sp³-hybridized carbons (Fsp3) is 0.227. The molecule has 0 radical (unpaired) electrons. The number of aromatic nitrogens is 2. The number of rotatable bonds is 9. The van der Waals surface area contributed by atoms with E-state index in [0.717, 1.165) is 11.4 Å². The molecule has 2 N–H and O–H groups in total. The summed E-state index contributed by atoms with van der Waals surface area (Å²) in [5, 5.41) is 10.0. The first-order valence-electron chi connectivity index (χ1n) is 9.47. The Morgan fingerprint density at radius 3 is 2.57 bits per heavy atom. The van der Waals surface area contributed by atoms with Crippen LogP contribution in [0.1, 0.15) is 16.8 Å². The lowest BCUT2D eigenvalue weighted by molar-refractivity contribution is -0.118. The number of para-hydroxylation sites is 2. The standard InChI is InChI=1S/C22H24N4O3S/c1-29-19-11-7-6-10-17(19)21(27)23-18(13-15-30-2)22(28)24-20-12-14-26(25-20)16-8-4-3-5-9-16/h3-12,14,18H,13,15H2,1-2H3,(H,23,27)(H,24,25,28). The van der Waals surface area contributed by atoms with Gasteiger partial charge < -0.3 is 15.4 Å². The molecule has 0 aliphatic rings. The van der Waals surface area contributed by atoms with E-state index in [0.29, 0.717) is 23.6 Å². The fourth-order valence-corrected chi connectivity index (χ4v) is 3.37. The first-order valence-corrected chi connectivity index (χ1v) is 10.9. The zero-order valence-electron chi connectivity index (χ0n) is 16.9. The van der Waals surface area contributed by atoms with Crippen LogP contribution in [0, 0.1) is 0 Å². The molecular weight excluding hydrogens is 400 g/mol. The molecule has 30 heavy (non-hydrogen) atoms. The van der Waals surface area contributed by atoms with Crippen molar-refractivity contribution in [3.63, 3.8) is 0 Å². The Morgan fingerprint density at radius 2 is 1.83 bits per heavy atom. The molecule has 2 aromatic carbocycles. The molecule has 0 saturated carbocycles. The van der Waals surface area contributed by atoms with Crippen LogP contribution in [0.25, 0.3) is 5.69 Å². The lowest BCUT2D eigenvalue weighted by atomic mass is 10.1. The predicted octanol–water partition coefficient (Wildman–Crippen LogP) is 3.37. The first kappa shape index (κ1) is 21.4. The summed E-state index contributed by atoms with van der Waals surface area (Å²) in [6.45, 7) is 0.